The lowest BCUT2D eigenvalue weighted by Gasteiger charge is -2.10. The standard InChI is InChI=1S/C20H15F3N4O2/c21-20(22,23)14-5-9-16(10-6-14)27-19(29)26-15-7-3-13(4-8-15)18(28)25-17-2-1-11-24-12-17/h1-12H,(H,25,28)(H2,26,27,29). The molecule has 148 valence electrons. The zero-order valence-electron chi connectivity index (χ0n) is 14.8. The number of rotatable bonds is 4. The Balaban J connectivity index is 1.56. The van der Waals surface area contributed by atoms with E-state index in [1.165, 1.54) is 30.5 Å². The predicted molar refractivity (Wildman–Crippen MR) is 103 cm³/mol. The number of benzene rings is 2. The van der Waals surface area contributed by atoms with Gasteiger partial charge in [-0.2, -0.15) is 13.2 Å². The molecule has 0 saturated carbocycles. The molecule has 0 bridgehead atoms. The molecule has 0 unspecified atom stereocenters. The van der Waals surface area contributed by atoms with E-state index in [-0.39, 0.29) is 11.6 Å². The number of carbonyl (C=O) groups is 2. The van der Waals surface area contributed by atoms with E-state index >= 15 is 0 Å². The van der Waals surface area contributed by atoms with E-state index in [2.05, 4.69) is 20.9 Å². The molecular formula is C20H15F3N4O2. The number of nitrogens with zero attached hydrogens (tertiary/aromatic N) is 1. The number of hydrogen-bond acceptors (Lipinski definition) is 3. The summed E-state index contributed by atoms with van der Waals surface area (Å²) in [5, 5.41) is 7.66. The van der Waals surface area contributed by atoms with Gasteiger partial charge < -0.3 is 16.0 Å². The average molecular weight is 400 g/mol. The lowest BCUT2D eigenvalue weighted by molar-refractivity contribution is -0.137. The first-order chi connectivity index (χ1) is 13.8. The van der Waals surface area contributed by atoms with Crippen LogP contribution in [-0.4, -0.2) is 16.9 Å². The van der Waals surface area contributed by atoms with Crippen molar-refractivity contribution in [1.29, 1.82) is 0 Å². The topological polar surface area (TPSA) is 83.1 Å². The van der Waals surface area contributed by atoms with Crippen LogP contribution in [-0.2, 0) is 6.18 Å². The Morgan fingerprint density at radius 3 is 1.86 bits per heavy atom. The largest absolute Gasteiger partial charge is 0.416 e. The van der Waals surface area contributed by atoms with Crippen LogP contribution < -0.4 is 16.0 Å². The van der Waals surface area contributed by atoms with Gasteiger partial charge in [-0.3, -0.25) is 9.78 Å². The molecule has 0 atom stereocenters. The van der Waals surface area contributed by atoms with Crippen LogP contribution in [0, 0.1) is 0 Å². The lowest BCUT2D eigenvalue weighted by atomic mass is 10.2. The molecule has 2 aromatic carbocycles. The van der Waals surface area contributed by atoms with Gasteiger partial charge in [0.1, 0.15) is 0 Å². The highest BCUT2D eigenvalue weighted by Gasteiger charge is 2.29. The summed E-state index contributed by atoms with van der Waals surface area (Å²) in [4.78, 5) is 28.1. The maximum absolute atomic E-state index is 12.5. The molecule has 3 rings (SSSR count). The van der Waals surface area contributed by atoms with Gasteiger partial charge in [0.25, 0.3) is 5.91 Å². The van der Waals surface area contributed by atoms with Crippen LogP contribution in [0.15, 0.2) is 73.1 Å². The maximum atomic E-state index is 12.5. The Bertz CT molecular complexity index is 989. The summed E-state index contributed by atoms with van der Waals surface area (Å²) < 4.78 is 37.6. The monoisotopic (exact) mass is 400 g/mol. The number of halogens is 3. The number of alkyl halides is 3. The van der Waals surface area contributed by atoms with Crippen molar-refractivity contribution in [1.82, 2.24) is 4.98 Å². The third-order valence-electron chi connectivity index (χ3n) is 3.79. The Kier molecular flexibility index (Phi) is 5.77. The molecule has 3 aromatic rings. The molecule has 6 nitrogen and oxygen atoms in total. The van der Waals surface area contributed by atoms with E-state index in [0.29, 0.717) is 16.9 Å². The molecule has 0 aliphatic heterocycles. The number of anilines is 3. The van der Waals surface area contributed by atoms with E-state index < -0.39 is 17.8 Å². The molecule has 1 aromatic heterocycles. The van der Waals surface area contributed by atoms with Gasteiger partial charge in [-0.15, -0.1) is 0 Å². The van der Waals surface area contributed by atoms with Crippen LogP contribution in [0.2, 0.25) is 0 Å². The highest BCUT2D eigenvalue weighted by molar-refractivity contribution is 6.05. The third kappa shape index (κ3) is 5.55. The smallest absolute Gasteiger partial charge is 0.321 e. The van der Waals surface area contributed by atoms with Crippen LogP contribution in [0.4, 0.5) is 35.0 Å². The molecule has 0 aliphatic carbocycles. The van der Waals surface area contributed by atoms with E-state index in [0.717, 1.165) is 24.3 Å². The van der Waals surface area contributed by atoms with Gasteiger partial charge in [0.2, 0.25) is 0 Å². The van der Waals surface area contributed by atoms with E-state index in [4.69, 9.17) is 0 Å². The lowest BCUT2D eigenvalue weighted by Crippen LogP contribution is -2.19. The number of hydrogen-bond donors (Lipinski definition) is 3. The second-order valence-corrected chi connectivity index (χ2v) is 5.93. The molecule has 9 heteroatoms. The van der Waals surface area contributed by atoms with Crippen molar-refractivity contribution in [3.05, 3.63) is 84.2 Å². The molecule has 0 spiro atoms. The SMILES string of the molecule is O=C(Nc1ccc(C(=O)Nc2cccnc2)cc1)Nc1ccc(C(F)(F)F)cc1. The summed E-state index contributed by atoms with van der Waals surface area (Å²) in [6.07, 6.45) is -1.34. The minimum Gasteiger partial charge on any atom is -0.321 e. The van der Waals surface area contributed by atoms with Crippen LogP contribution in [0.5, 0.6) is 0 Å². The van der Waals surface area contributed by atoms with Crippen LogP contribution >= 0.6 is 0 Å². The van der Waals surface area contributed by atoms with Gasteiger partial charge >= 0.3 is 12.2 Å². The number of urea groups is 1. The highest BCUT2D eigenvalue weighted by Crippen LogP contribution is 2.29. The zero-order chi connectivity index (χ0) is 20.9. The predicted octanol–water partition coefficient (Wildman–Crippen LogP) is 5.00. The highest BCUT2D eigenvalue weighted by atomic mass is 19.4. The molecule has 0 saturated heterocycles. The zero-order valence-corrected chi connectivity index (χ0v) is 14.8. The number of amides is 3. The van der Waals surface area contributed by atoms with Crippen LogP contribution in [0.3, 0.4) is 0 Å². The Labute approximate surface area is 163 Å². The second kappa shape index (κ2) is 8.42. The maximum Gasteiger partial charge on any atom is 0.416 e. The number of pyridine rings is 1. The van der Waals surface area contributed by atoms with Crippen molar-refractivity contribution in [3.8, 4) is 0 Å². The first-order valence-corrected chi connectivity index (χ1v) is 8.38. The van der Waals surface area contributed by atoms with Crippen molar-refractivity contribution in [2.75, 3.05) is 16.0 Å². The van der Waals surface area contributed by atoms with E-state index in [9.17, 15) is 22.8 Å². The Hall–Kier alpha value is -3.88. The van der Waals surface area contributed by atoms with Gasteiger partial charge in [0.15, 0.2) is 0 Å². The third-order valence-corrected chi connectivity index (χ3v) is 3.79. The number of aromatic nitrogens is 1. The molecule has 1 heterocycles. The Morgan fingerprint density at radius 2 is 1.34 bits per heavy atom. The normalized spacial score (nSPS) is 10.9. The molecule has 0 aliphatic rings. The fourth-order valence-electron chi connectivity index (χ4n) is 2.38. The quantitative estimate of drug-likeness (QED) is 0.577. The van der Waals surface area contributed by atoms with Crippen LogP contribution in [0.1, 0.15) is 15.9 Å². The molecular weight excluding hydrogens is 385 g/mol. The van der Waals surface area contributed by atoms with Gasteiger partial charge in [0.05, 0.1) is 17.4 Å². The number of nitrogens with one attached hydrogen (secondary N) is 3. The molecule has 29 heavy (non-hydrogen) atoms. The molecule has 3 N–H and O–H groups in total. The first-order valence-electron chi connectivity index (χ1n) is 8.38. The van der Waals surface area contributed by atoms with Crippen LogP contribution in [0.25, 0.3) is 0 Å². The van der Waals surface area contributed by atoms with E-state index in [1.54, 1.807) is 18.3 Å². The molecule has 3 amide bonds. The van der Waals surface area contributed by atoms with Gasteiger partial charge in [-0.1, -0.05) is 0 Å². The van der Waals surface area contributed by atoms with Gasteiger partial charge in [-0.25, -0.2) is 4.79 Å². The van der Waals surface area contributed by atoms with Gasteiger partial charge in [-0.05, 0) is 60.7 Å². The van der Waals surface area contributed by atoms with Gasteiger partial charge in [0, 0.05) is 23.1 Å². The summed E-state index contributed by atoms with van der Waals surface area (Å²) in [6, 6.07) is 13.0. The summed E-state index contributed by atoms with van der Waals surface area (Å²) in [5.74, 6) is -0.334. The Morgan fingerprint density at radius 1 is 0.759 bits per heavy atom. The average Bonchev–Trinajstić information content (AvgIpc) is 2.69. The first kappa shape index (κ1) is 19.9. The molecule has 0 radical (unpaired) electrons. The minimum atomic E-state index is -4.44. The van der Waals surface area contributed by atoms with Crippen molar-refractivity contribution in [2.24, 2.45) is 0 Å². The second-order valence-electron chi connectivity index (χ2n) is 5.93. The fourth-order valence-corrected chi connectivity index (χ4v) is 2.38. The fraction of sp³-hybridized carbons (Fsp3) is 0.0500. The summed E-state index contributed by atoms with van der Waals surface area (Å²) in [7, 11) is 0. The van der Waals surface area contributed by atoms with Crippen molar-refractivity contribution in [3.63, 3.8) is 0 Å². The van der Waals surface area contributed by atoms with Crippen molar-refractivity contribution < 1.29 is 22.8 Å². The number of carbonyl (C=O) groups excluding carboxylic acids is 2. The minimum absolute atomic E-state index is 0.211. The summed E-state index contributed by atoms with van der Waals surface area (Å²) >= 11 is 0. The van der Waals surface area contributed by atoms with Crippen molar-refractivity contribution in [2.45, 2.75) is 6.18 Å². The molecule has 0 fully saturated rings. The summed E-state index contributed by atoms with van der Waals surface area (Å²) in [5.41, 5.74) is 0.747. The summed E-state index contributed by atoms with van der Waals surface area (Å²) in [6.45, 7) is 0. The van der Waals surface area contributed by atoms with Crippen molar-refractivity contribution >= 4 is 29.0 Å². The van der Waals surface area contributed by atoms with E-state index in [1.807, 2.05) is 0 Å².